The molecule has 1 heterocycles. The van der Waals surface area contributed by atoms with Gasteiger partial charge in [0.05, 0.1) is 38.5 Å². The number of nitrogens with one attached hydrogen (secondary N) is 2. The fourth-order valence-corrected chi connectivity index (χ4v) is 4.91. The lowest BCUT2D eigenvalue weighted by Crippen LogP contribution is -2.43. The summed E-state index contributed by atoms with van der Waals surface area (Å²) in [4.78, 5) is 15.0. The molecule has 2 N–H and O–H groups in total. The van der Waals surface area contributed by atoms with E-state index in [2.05, 4.69) is 14.9 Å². The van der Waals surface area contributed by atoms with E-state index in [1.165, 1.54) is 25.2 Å². The fourth-order valence-electron chi connectivity index (χ4n) is 3.66. The number of methoxy groups -OCH3 is 2. The molecular formula is C22H28ClN3O6S. The molecule has 1 saturated heterocycles. The first-order valence-electron chi connectivity index (χ1n) is 10.4. The molecule has 33 heavy (non-hydrogen) atoms. The molecule has 0 radical (unpaired) electrons. The van der Waals surface area contributed by atoms with Crippen LogP contribution in [-0.4, -0.2) is 73.3 Å². The third kappa shape index (κ3) is 5.96. The van der Waals surface area contributed by atoms with Crippen molar-refractivity contribution < 1.29 is 27.4 Å². The number of halogens is 1. The first kappa shape index (κ1) is 25.3. The van der Waals surface area contributed by atoms with Crippen molar-refractivity contribution in [1.82, 2.24) is 14.9 Å². The number of hydrogen-bond donors (Lipinski definition) is 2. The van der Waals surface area contributed by atoms with E-state index in [0.717, 1.165) is 5.56 Å². The second kappa shape index (κ2) is 11.2. The van der Waals surface area contributed by atoms with E-state index >= 15 is 0 Å². The summed E-state index contributed by atoms with van der Waals surface area (Å²) in [6.07, 6.45) is 0. The van der Waals surface area contributed by atoms with Crippen LogP contribution in [0.4, 0.5) is 0 Å². The summed E-state index contributed by atoms with van der Waals surface area (Å²) in [5.41, 5.74) is 1.14. The number of carbonyl (C=O) groups is 1. The van der Waals surface area contributed by atoms with Crippen molar-refractivity contribution >= 4 is 27.5 Å². The number of carbonyl (C=O) groups excluding carboxylic acids is 1. The van der Waals surface area contributed by atoms with Crippen LogP contribution in [0.2, 0.25) is 5.02 Å². The third-order valence-corrected chi connectivity index (χ3v) is 7.38. The van der Waals surface area contributed by atoms with Crippen molar-refractivity contribution in [3.8, 4) is 11.5 Å². The van der Waals surface area contributed by atoms with Gasteiger partial charge in [0.25, 0.3) is 5.91 Å². The number of hydrogen-bond acceptors (Lipinski definition) is 7. The number of morpholine rings is 1. The molecule has 1 aliphatic heterocycles. The van der Waals surface area contributed by atoms with Gasteiger partial charge >= 0.3 is 0 Å². The summed E-state index contributed by atoms with van der Waals surface area (Å²) >= 11 is 6.04. The predicted octanol–water partition coefficient (Wildman–Crippen LogP) is 2.07. The Bertz CT molecular complexity index is 1090. The zero-order chi connectivity index (χ0) is 24.0. The smallest absolute Gasteiger partial charge is 0.251 e. The van der Waals surface area contributed by atoms with E-state index in [9.17, 15) is 13.2 Å². The van der Waals surface area contributed by atoms with Gasteiger partial charge in [0.2, 0.25) is 10.0 Å². The van der Waals surface area contributed by atoms with E-state index in [0.29, 0.717) is 44.3 Å². The molecule has 2 aromatic carbocycles. The van der Waals surface area contributed by atoms with Gasteiger partial charge in [-0.15, -0.1) is 0 Å². The number of amides is 1. The molecule has 11 heteroatoms. The van der Waals surface area contributed by atoms with Gasteiger partial charge in [-0.25, -0.2) is 13.1 Å². The van der Waals surface area contributed by atoms with Gasteiger partial charge in [-0.05, 0) is 42.9 Å². The van der Waals surface area contributed by atoms with Crippen molar-refractivity contribution in [3.05, 3.63) is 52.5 Å². The molecule has 1 unspecified atom stereocenters. The zero-order valence-electron chi connectivity index (χ0n) is 18.8. The summed E-state index contributed by atoms with van der Waals surface area (Å²) in [6.45, 7) is 2.91. The summed E-state index contributed by atoms with van der Waals surface area (Å²) in [5, 5.41) is 2.96. The van der Waals surface area contributed by atoms with E-state index in [1.807, 2.05) is 18.2 Å². The maximum absolute atomic E-state index is 12.9. The molecule has 0 saturated carbocycles. The minimum Gasteiger partial charge on any atom is -0.493 e. The third-order valence-electron chi connectivity index (χ3n) is 5.49. The number of rotatable bonds is 9. The SMILES string of the molecule is CNS(=O)(=O)c1cc(C(=O)NCC(c2ccc(OC)c(OC)c2)N2CCOCC2)ccc1Cl. The maximum Gasteiger partial charge on any atom is 0.251 e. The number of nitrogens with zero attached hydrogens (tertiary/aromatic N) is 1. The monoisotopic (exact) mass is 497 g/mol. The molecule has 3 rings (SSSR count). The molecule has 1 fully saturated rings. The minimum absolute atomic E-state index is 0.0393. The number of sulfonamides is 1. The van der Waals surface area contributed by atoms with E-state index < -0.39 is 15.9 Å². The highest BCUT2D eigenvalue weighted by molar-refractivity contribution is 7.89. The molecule has 1 amide bonds. The van der Waals surface area contributed by atoms with Crippen LogP contribution < -0.4 is 19.5 Å². The van der Waals surface area contributed by atoms with Crippen molar-refractivity contribution in [3.63, 3.8) is 0 Å². The molecule has 0 bridgehead atoms. The van der Waals surface area contributed by atoms with Gasteiger partial charge in [0, 0.05) is 25.2 Å². The molecular weight excluding hydrogens is 470 g/mol. The minimum atomic E-state index is -3.80. The molecule has 0 aromatic heterocycles. The molecule has 9 nitrogen and oxygen atoms in total. The Kier molecular flexibility index (Phi) is 8.55. The Labute approximate surface area is 199 Å². The first-order valence-corrected chi connectivity index (χ1v) is 12.2. The summed E-state index contributed by atoms with van der Waals surface area (Å²) in [7, 11) is 0.635. The van der Waals surface area contributed by atoms with E-state index in [1.54, 1.807) is 14.2 Å². The van der Waals surface area contributed by atoms with Crippen LogP contribution in [-0.2, 0) is 14.8 Å². The Morgan fingerprint density at radius 2 is 1.82 bits per heavy atom. The quantitative estimate of drug-likeness (QED) is 0.546. The van der Waals surface area contributed by atoms with Crippen molar-refractivity contribution in [2.75, 3.05) is 54.1 Å². The second-order valence-electron chi connectivity index (χ2n) is 7.34. The van der Waals surface area contributed by atoms with Crippen LogP contribution in [0.3, 0.4) is 0 Å². The van der Waals surface area contributed by atoms with Gasteiger partial charge in [-0.2, -0.15) is 0 Å². The maximum atomic E-state index is 12.9. The second-order valence-corrected chi connectivity index (χ2v) is 9.60. The summed E-state index contributed by atoms with van der Waals surface area (Å²) < 4.78 is 42.9. The van der Waals surface area contributed by atoms with Crippen LogP contribution in [0.5, 0.6) is 11.5 Å². The van der Waals surface area contributed by atoms with Gasteiger partial charge in [-0.3, -0.25) is 9.69 Å². The lowest BCUT2D eigenvalue weighted by Gasteiger charge is -2.35. The van der Waals surface area contributed by atoms with Gasteiger partial charge < -0.3 is 19.5 Å². The fraction of sp³-hybridized carbons (Fsp3) is 0.409. The lowest BCUT2D eigenvalue weighted by atomic mass is 10.0. The first-order chi connectivity index (χ1) is 15.8. The Morgan fingerprint density at radius 1 is 1.12 bits per heavy atom. The van der Waals surface area contributed by atoms with Gasteiger partial charge in [0.15, 0.2) is 11.5 Å². The zero-order valence-corrected chi connectivity index (χ0v) is 20.3. The van der Waals surface area contributed by atoms with E-state index in [4.69, 9.17) is 25.8 Å². The summed E-state index contributed by atoms with van der Waals surface area (Å²) in [5.74, 6) is 0.808. The Hall–Kier alpha value is -2.37. The van der Waals surface area contributed by atoms with Crippen molar-refractivity contribution in [1.29, 1.82) is 0 Å². The van der Waals surface area contributed by atoms with Crippen LogP contribution in [0.25, 0.3) is 0 Å². The Balaban J connectivity index is 1.84. The van der Waals surface area contributed by atoms with Crippen LogP contribution in [0.15, 0.2) is 41.3 Å². The number of benzene rings is 2. The highest BCUT2D eigenvalue weighted by atomic mass is 35.5. The highest BCUT2D eigenvalue weighted by Crippen LogP contribution is 2.32. The molecule has 0 aliphatic carbocycles. The largest absolute Gasteiger partial charge is 0.493 e. The molecule has 1 atom stereocenters. The predicted molar refractivity (Wildman–Crippen MR) is 125 cm³/mol. The van der Waals surface area contributed by atoms with Crippen LogP contribution in [0.1, 0.15) is 22.0 Å². The van der Waals surface area contributed by atoms with Crippen molar-refractivity contribution in [2.45, 2.75) is 10.9 Å². The topological polar surface area (TPSA) is 106 Å². The van der Waals surface area contributed by atoms with Crippen molar-refractivity contribution in [2.24, 2.45) is 0 Å². The number of ether oxygens (including phenoxy) is 3. The average molecular weight is 498 g/mol. The van der Waals surface area contributed by atoms with Gasteiger partial charge in [0.1, 0.15) is 4.90 Å². The molecule has 0 spiro atoms. The van der Waals surface area contributed by atoms with Gasteiger partial charge in [-0.1, -0.05) is 17.7 Å². The lowest BCUT2D eigenvalue weighted by molar-refractivity contribution is 0.0162. The van der Waals surface area contributed by atoms with Crippen LogP contribution >= 0.6 is 11.6 Å². The summed E-state index contributed by atoms with van der Waals surface area (Å²) in [6, 6.07) is 9.67. The molecule has 180 valence electrons. The average Bonchev–Trinajstić information content (AvgIpc) is 2.84. The van der Waals surface area contributed by atoms with E-state index in [-0.39, 0.29) is 21.5 Å². The highest BCUT2D eigenvalue weighted by Gasteiger charge is 2.25. The molecule has 2 aromatic rings. The molecule has 1 aliphatic rings. The van der Waals surface area contributed by atoms with Crippen LogP contribution in [0, 0.1) is 0 Å². The standard InChI is InChI=1S/C22H28ClN3O6S/c1-24-33(28,29)21-13-16(4-6-17(21)23)22(27)25-14-18(26-8-10-32-11-9-26)15-5-7-19(30-2)20(12-15)31-3/h4-7,12-13,18,24H,8-11,14H2,1-3H3,(H,25,27). The normalized spacial score (nSPS) is 15.6. The Morgan fingerprint density at radius 3 is 2.45 bits per heavy atom.